The first-order chi connectivity index (χ1) is 16.6. The zero-order chi connectivity index (χ0) is 24.7. The van der Waals surface area contributed by atoms with Crippen LogP contribution in [0.4, 0.5) is 0 Å². The lowest BCUT2D eigenvalue weighted by Gasteiger charge is -2.18. The molecule has 1 heterocycles. The van der Waals surface area contributed by atoms with E-state index in [1.165, 1.54) is 109 Å². The molecule has 0 N–H and O–H groups in total. The van der Waals surface area contributed by atoms with Gasteiger partial charge in [0.2, 0.25) is 0 Å². The summed E-state index contributed by atoms with van der Waals surface area (Å²) in [5.41, 5.74) is 0. The Balaban J connectivity index is 1.81. The van der Waals surface area contributed by atoms with Crippen LogP contribution in [0, 0.1) is 0 Å². The number of unbranched alkanes of at least 4 members (excludes halogenated alkanes) is 16. The lowest BCUT2D eigenvalue weighted by atomic mass is 10.0. The van der Waals surface area contributed by atoms with Crippen molar-refractivity contribution in [2.75, 3.05) is 26.9 Å². The minimum atomic E-state index is -0.482. The molecule has 2 unspecified atom stereocenters. The molecule has 1 aliphatic rings. The molecule has 0 saturated carbocycles. The normalized spacial score (nSPS) is 18.8. The van der Waals surface area contributed by atoms with E-state index < -0.39 is 5.79 Å². The van der Waals surface area contributed by atoms with E-state index in [4.69, 9.17) is 18.9 Å². The Kier molecular flexibility index (Phi) is 20.3. The Hall–Kier alpha value is -0.420. The highest BCUT2D eigenvalue weighted by molar-refractivity contribution is 4.84. The summed E-state index contributed by atoms with van der Waals surface area (Å²) in [6.07, 6.45) is 29.5. The van der Waals surface area contributed by atoms with Gasteiger partial charge in [0.25, 0.3) is 0 Å². The number of allylic oxidation sites excluding steroid dienone is 1. The van der Waals surface area contributed by atoms with Gasteiger partial charge in [0.05, 0.1) is 25.9 Å². The van der Waals surface area contributed by atoms with Crippen LogP contribution >= 0.6 is 0 Å². The Labute approximate surface area is 212 Å². The molecule has 1 rings (SSSR count). The van der Waals surface area contributed by atoms with Crippen molar-refractivity contribution in [2.45, 2.75) is 154 Å². The molecule has 0 aliphatic carbocycles. The van der Waals surface area contributed by atoms with Crippen LogP contribution in [0.25, 0.3) is 0 Å². The van der Waals surface area contributed by atoms with Crippen LogP contribution in [0.2, 0.25) is 0 Å². The summed E-state index contributed by atoms with van der Waals surface area (Å²) in [6.45, 7) is 7.93. The molecule has 0 bridgehead atoms. The predicted molar refractivity (Wildman–Crippen MR) is 144 cm³/mol. The van der Waals surface area contributed by atoms with Gasteiger partial charge in [-0.05, 0) is 33.1 Å². The van der Waals surface area contributed by atoms with Crippen LogP contribution in [0.15, 0.2) is 12.2 Å². The number of methoxy groups -OCH3 is 1. The van der Waals surface area contributed by atoms with Crippen LogP contribution in [-0.2, 0) is 18.9 Å². The van der Waals surface area contributed by atoms with E-state index in [1.54, 1.807) is 7.11 Å². The van der Waals surface area contributed by atoms with Crippen molar-refractivity contribution in [1.29, 1.82) is 0 Å². The first-order valence-corrected chi connectivity index (χ1v) is 14.6. The molecule has 0 amide bonds. The monoisotopic (exact) mass is 482 g/mol. The van der Waals surface area contributed by atoms with Gasteiger partial charge in [-0.25, -0.2) is 0 Å². The highest BCUT2D eigenvalue weighted by Gasteiger charge is 2.32. The molecule has 0 aromatic carbocycles. The van der Waals surface area contributed by atoms with Crippen molar-refractivity contribution >= 4 is 0 Å². The van der Waals surface area contributed by atoms with E-state index in [2.05, 4.69) is 19.1 Å². The van der Waals surface area contributed by atoms with Gasteiger partial charge in [0, 0.05) is 7.11 Å². The fraction of sp³-hybridized carbons (Fsp3) is 0.933. The average molecular weight is 483 g/mol. The molecular weight excluding hydrogens is 424 g/mol. The summed E-state index contributed by atoms with van der Waals surface area (Å²) in [5, 5.41) is 0. The third-order valence-corrected chi connectivity index (χ3v) is 6.80. The third-order valence-electron chi connectivity index (χ3n) is 6.80. The van der Waals surface area contributed by atoms with Gasteiger partial charge < -0.3 is 18.9 Å². The average Bonchev–Trinajstić information content (AvgIpc) is 3.17. The molecule has 1 saturated heterocycles. The lowest BCUT2D eigenvalue weighted by Crippen LogP contribution is -2.26. The molecule has 1 aliphatic heterocycles. The van der Waals surface area contributed by atoms with Gasteiger partial charge in [-0.3, -0.25) is 0 Å². The van der Waals surface area contributed by atoms with E-state index in [0.717, 1.165) is 6.42 Å². The second-order valence-electron chi connectivity index (χ2n) is 10.6. The molecule has 1 fully saturated rings. The number of ether oxygens (including phenoxy) is 4. The summed E-state index contributed by atoms with van der Waals surface area (Å²) in [5.74, 6) is -0.482. The lowest BCUT2D eigenvalue weighted by molar-refractivity contribution is -0.146. The van der Waals surface area contributed by atoms with E-state index in [9.17, 15) is 0 Å². The Morgan fingerprint density at radius 2 is 1.32 bits per heavy atom. The van der Waals surface area contributed by atoms with E-state index in [1.807, 2.05) is 13.8 Å². The standard InChI is InChI=1S/C30H58O4/c1-5-6-7-8-9-10-11-12-13-14-15-16-17-18-19-20-21-22-23-24-28(31-4)25-32-26-29-27-33-30(2,3)34-29/h22-23,28-29H,5-21,24-27H2,1-4H3/b23-22+. The minimum Gasteiger partial charge on any atom is -0.379 e. The summed E-state index contributed by atoms with van der Waals surface area (Å²) in [7, 11) is 1.76. The van der Waals surface area contributed by atoms with Crippen molar-refractivity contribution < 1.29 is 18.9 Å². The minimum absolute atomic E-state index is 0.0259. The summed E-state index contributed by atoms with van der Waals surface area (Å²) < 4.78 is 22.7. The topological polar surface area (TPSA) is 36.9 Å². The molecule has 2 atom stereocenters. The summed E-state index contributed by atoms with van der Waals surface area (Å²) >= 11 is 0. The first-order valence-electron chi connectivity index (χ1n) is 14.6. The van der Waals surface area contributed by atoms with Crippen molar-refractivity contribution in [1.82, 2.24) is 0 Å². The van der Waals surface area contributed by atoms with Crippen molar-refractivity contribution in [3.05, 3.63) is 12.2 Å². The largest absolute Gasteiger partial charge is 0.379 e. The maximum absolute atomic E-state index is 5.79. The van der Waals surface area contributed by atoms with Gasteiger partial charge in [-0.1, -0.05) is 115 Å². The molecule has 202 valence electrons. The summed E-state index contributed by atoms with van der Waals surface area (Å²) in [4.78, 5) is 0. The quantitative estimate of drug-likeness (QED) is 0.102. The Morgan fingerprint density at radius 1 is 0.794 bits per heavy atom. The maximum atomic E-state index is 5.79. The highest BCUT2D eigenvalue weighted by atomic mass is 16.7. The van der Waals surface area contributed by atoms with Crippen molar-refractivity contribution in [3.63, 3.8) is 0 Å². The Morgan fingerprint density at radius 3 is 1.79 bits per heavy atom. The SMILES string of the molecule is CCCCCCCCCCCCCCCCCC/C=C/CC(COCC1COC(C)(C)O1)OC. The van der Waals surface area contributed by atoms with Crippen molar-refractivity contribution in [2.24, 2.45) is 0 Å². The van der Waals surface area contributed by atoms with Crippen LogP contribution in [0.1, 0.15) is 136 Å². The van der Waals surface area contributed by atoms with Gasteiger partial charge >= 0.3 is 0 Å². The molecular formula is C30H58O4. The van der Waals surface area contributed by atoms with E-state index >= 15 is 0 Å². The first kappa shape index (κ1) is 31.6. The fourth-order valence-corrected chi connectivity index (χ4v) is 4.58. The Bertz CT molecular complexity index is 463. The number of rotatable bonds is 24. The van der Waals surface area contributed by atoms with Gasteiger partial charge in [-0.2, -0.15) is 0 Å². The molecule has 0 spiro atoms. The van der Waals surface area contributed by atoms with Crippen LogP contribution in [0.5, 0.6) is 0 Å². The van der Waals surface area contributed by atoms with Gasteiger partial charge in [-0.15, -0.1) is 0 Å². The predicted octanol–water partition coefficient (Wildman–Crippen LogP) is 8.77. The smallest absolute Gasteiger partial charge is 0.163 e. The number of hydrogen-bond acceptors (Lipinski definition) is 4. The maximum Gasteiger partial charge on any atom is 0.163 e. The van der Waals surface area contributed by atoms with E-state index in [-0.39, 0.29) is 12.2 Å². The fourth-order valence-electron chi connectivity index (χ4n) is 4.58. The van der Waals surface area contributed by atoms with Crippen molar-refractivity contribution in [3.8, 4) is 0 Å². The second-order valence-corrected chi connectivity index (χ2v) is 10.6. The summed E-state index contributed by atoms with van der Waals surface area (Å²) in [6, 6.07) is 0. The van der Waals surface area contributed by atoms with Crippen LogP contribution in [-0.4, -0.2) is 44.9 Å². The molecule has 0 aromatic heterocycles. The van der Waals surface area contributed by atoms with Gasteiger partial charge in [0.15, 0.2) is 5.79 Å². The number of hydrogen-bond donors (Lipinski definition) is 0. The van der Waals surface area contributed by atoms with E-state index in [0.29, 0.717) is 19.8 Å². The highest BCUT2D eigenvalue weighted by Crippen LogP contribution is 2.22. The molecule has 4 nitrogen and oxygen atoms in total. The van der Waals surface area contributed by atoms with Gasteiger partial charge in [0.1, 0.15) is 6.10 Å². The second kappa shape index (κ2) is 21.8. The van der Waals surface area contributed by atoms with Crippen LogP contribution in [0.3, 0.4) is 0 Å². The molecule has 0 radical (unpaired) electrons. The molecule has 4 heteroatoms. The molecule has 0 aromatic rings. The van der Waals surface area contributed by atoms with Crippen LogP contribution < -0.4 is 0 Å². The zero-order valence-corrected chi connectivity index (χ0v) is 23.3. The molecule has 34 heavy (non-hydrogen) atoms. The zero-order valence-electron chi connectivity index (χ0n) is 23.3. The third kappa shape index (κ3) is 18.9.